The van der Waals surface area contributed by atoms with Crippen molar-refractivity contribution in [3.05, 3.63) is 29.8 Å². The summed E-state index contributed by atoms with van der Waals surface area (Å²) >= 11 is 0. The van der Waals surface area contributed by atoms with Gasteiger partial charge < -0.3 is 9.47 Å². The highest BCUT2D eigenvalue weighted by atomic mass is 16.6. The van der Waals surface area contributed by atoms with Crippen LogP contribution in [0.25, 0.3) is 0 Å². The zero-order chi connectivity index (χ0) is 13.6. The fraction of sp³-hybridized carbons (Fsp3) is 0.533. The monoisotopic (exact) mass is 250 g/mol. The number of benzene rings is 1. The van der Waals surface area contributed by atoms with Crippen LogP contribution in [-0.2, 0) is 16.0 Å². The zero-order valence-corrected chi connectivity index (χ0v) is 11.7. The van der Waals surface area contributed by atoms with Gasteiger partial charge in [0.1, 0.15) is 11.4 Å². The molecule has 0 bridgehead atoms. The molecule has 0 amide bonds. The molecule has 0 unspecified atom stereocenters. The normalized spacial score (nSPS) is 11.1. The Hall–Kier alpha value is -1.51. The molecule has 0 radical (unpaired) electrons. The average molecular weight is 250 g/mol. The molecule has 100 valence electrons. The summed E-state index contributed by atoms with van der Waals surface area (Å²) in [6.45, 7) is 8.38. The molecule has 0 fully saturated rings. The molecule has 1 aromatic rings. The number of esters is 1. The van der Waals surface area contributed by atoms with E-state index in [0.717, 1.165) is 17.7 Å². The maximum absolute atomic E-state index is 11.6. The Kier molecular flexibility index (Phi) is 5.20. The summed E-state index contributed by atoms with van der Waals surface area (Å²) in [4.78, 5) is 11.6. The molecule has 0 saturated heterocycles. The first-order valence-electron chi connectivity index (χ1n) is 6.34. The molecule has 0 aromatic heterocycles. The fourth-order valence-corrected chi connectivity index (χ4v) is 1.47. The van der Waals surface area contributed by atoms with Crippen LogP contribution in [0, 0.1) is 0 Å². The molecule has 0 aliphatic heterocycles. The van der Waals surface area contributed by atoms with Crippen LogP contribution >= 0.6 is 0 Å². The van der Waals surface area contributed by atoms with Gasteiger partial charge in [-0.3, -0.25) is 4.79 Å². The van der Waals surface area contributed by atoms with Crippen LogP contribution < -0.4 is 4.74 Å². The molecule has 0 spiro atoms. The molecule has 0 saturated carbocycles. The summed E-state index contributed by atoms with van der Waals surface area (Å²) in [7, 11) is 0. The van der Waals surface area contributed by atoms with Crippen molar-refractivity contribution >= 4 is 5.97 Å². The molecule has 1 rings (SSSR count). The highest BCUT2D eigenvalue weighted by Gasteiger charge is 2.16. The van der Waals surface area contributed by atoms with Crippen molar-refractivity contribution in [3.8, 4) is 5.75 Å². The van der Waals surface area contributed by atoms with Crippen molar-refractivity contribution in [2.24, 2.45) is 0 Å². The molecule has 3 heteroatoms. The Morgan fingerprint density at radius 2 is 1.78 bits per heavy atom. The van der Waals surface area contributed by atoms with E-state index in [1.165, 1.54) is 0 Å². The van der Waals surface area contributed by atoms with Crippen LogP contribution in [0.5, 0.6) is 5.75 Å². The van der Waals surface area contributed by atoms with E-state index in [1.807, 2.05) is 45.0 Å². The van der Waals surface area contributed by atoms with Gasteiger partial charge in [0.25, 0.3) is 0 Å². The van der Waals surface area contributed by atoms with E-state index in [9.17, 15) is 4.79 Å². The minimum absolute atomic E-state index is 0.204. The van der Waals surface area contributed by atoms with Gasteiger partial charge in [-0.1, -0.05) is 19.1 Å². The van der Waals surface area contributed by atoms with Gasteiger partial charge in [0.15, 0.2) is 0 Å². The molecule has 0 aliphatic rings. The maximum atomic E-state index is 11.6. The highest BCUT2D eigenvalue weighted by molar-refractivity contribution is 5.73. The lowest BCUT2D eigenvalue weighted by Gasteiger charge is -2.19. The molecule has 0 atom stereocenters. The Morgan fingerprint density at radius 1 is 1.17 bits per heavy atom. The molecule has 3 nitrogen and oxygen atoms in total. The second kappa shape index (κ2) is 6.43. The lowest BCUT2D eigenvalue weighted by molar-refractivity contribution is -0.153. The van der Waals surface area contributed by atoms with Crippen molar-refractivity contribution in [3.63, 3.8) is 0 Å². The zero-order valence-electron chi connectivity index (χ0n) is 11.7. The lowest BCUT2D eigenvalue weighted by atomic mass is 10.1. The summed E-state index contributed by atoms with van der Waals surface area (Å²) in [5.41, 5.74) is 0.509. The van der Waals surface area contributed by atoms with E-state index in [4.69, 9.17) is 9.47 Å². The van der Waals surface area contributed by atoms with Gasteiger partial charge in [0.2, 0.25) is 0 Å². The van der Waals surface area contributed by atoms with Gasteiger partial charge in [0, 0.05) is 0 Å². The topological polar surface area (TPSA) is 35.5 Å². The van der Waals surface area contributed by atoms with E-state index in [0.29, 0.717) is 13.0 Å². The third-order valence-corrected chi connectivity index (χ3v) is 2.16. The third-order valence-electron chi connectivity index (χ3n) is 2.16. The fourth-order valence-electron chi connectivity index (χ4n) is 1.47. The van der Waals surface area contributed by atoms with Gasteiger partial charge in [0.05, 0.1) is 13.0 Å². The minimum atomic E-state index is -0.429. The van der Waals surface area contributed by atoms with Crippen molar-refractivity contribution in [2.45, 2.75) is 46.1 Å². The number of ether oxygens (including phenoxy) is 2. The smallest absolute Gasteiger partial charge is 0.310 e. The number of rotatable bonds is 5. The van der Waals surface area contributed by atoms with Gasteiger partial charge in [-0.2, -0.15) is 0 Å². The van der Waals surface area contributed by atoms with E-state index < -0.39 is 5.60 Å². The summed E-state index contributed by atoms with van der Waals surface area (Å²) in [5.74, 6) is 0.634. The second-order valence-corrected chi connectivity index (χ2v) is 5.26. The molecule has 0 aliphatic carbocycles. The van der Waals surface area contributed by atoms with Gasteiger partial charge >= 0.3 is 5.97 Å². The number of carbonyl (C=O) groups excluding carboxylic acids is 1. The summed E-state index contributed by atoms with van der Waals surface area (Å²) < 4.78 is 10.7. The molecule has 0 N–H and O–H groups in total. The van der Waals surface area contributed by atoms with E-state index in [1.54, 1.807) is 0 Å². The third kappa shape index (κ3) is 5.71. The predicted octanol–water partition coefficient (Wildman–Crippen LogP) is 3.36. The van der Waals surface area contributed by atoms with Gasteiger partial charge in [-0.25, -0.2) is 0 Å². The molecule has 18 heavy (non-hydrogen) atoms. The van der Waals surface area contributed by atoms with Gasteiger partial charge in [-0.05, 0) is 44.9 Å². The number of hydrogen-bond donors (Lipinski definition) is 0. The van der Waals surface area contributed by atoms with E-state index in [2.05, 4.69) is 6.92 Å². The van der Waals surface area contributed by atoms with Crippen LogP contribution in [0.4, 0.5) is 0 Å². The first-order valence-corrected chi connectivity index (χ1v) is 6.34. The Morgan fingerprint density at radius 3 is 2.28 bits per heavy atom. The largest absolute Gasteiger partial charge is 0.494 e. The van der Waals surface area contributed by atoms with Crippen LogP contribution in [0.15, 0.2) is 24.3 Å². The van der Waals surface area contributed by atoms with Crippen molar-refractivity contribution < 1.29 is 14.3 Å². The molecular formula is C15H22O3. The Balaban J connectivity index is 2.50. The first kappa shape index (κ1) is 14.6. The van der Waals surface area contributed by atoms with Crippen LogP contribution in [0.1, 0.15) is 39.7 Å². The Labute approximate surface area is 109 Å². The van der Waals surface area contributed by atoms with E-state index in [-0.39, 0.29) is 5.97 Å². The first-order chi connectivity index (χ1) is 8.40. The lowest BCUT2D eigenvalue weighted by Crippen LogP contribution is -2.24. The quantitative estimate of drug-likeness (QED) is 0.752. The summed E-state index contributed by atoms with van der Waals surface area (Å²) in [5, 5.41) is 0. The molecular weight excluding hydrogens is 228 g/mol. The van der Waals surface area contributed by atoms with Crippen molar-refractivity contribution in [2.75, 3.05) is 6.61 Å². The van der Waals surface area contributed by atoms with Crippen LogP contribution in [0.2, 0.25) is 0 Å². The predicted molar refractivity (Wildman–Crippen MR) is 71.8 cm³/mol. The summed E-state index contributed by atoms with van der Waals surface area (Å²) in [6, 6.07) is 7.56. The van der Waals surface area contributed by atoms with Crippen molar-refractivity contribution in [1.29, 1.82) is 0 Å². The highest BCUT2D eigenvalue weighted by Crippen LogP contribution is 2.14. The average Bonchev–Trinajstić information content (AvgIpc) is 2.25. The van der Waals surface area contributed by atoms with Crippen molar-refractivity contribution in [1.82, 2.24) is 0 Å². The standard InChI is InChI=1S/C15H22O3/c1-5-10-17-13-8-6-12(7-9-13)11-14(16)18-15(2,3)4/h6-9H,5,10-11H2,1-4H3. The second-order valence-electron chi connectivity index (χ2n) is 5.26. The number of carbonyl (C=O) groups is 1. The minimum Gasteiger partial charge on any atom is -0.494 e. The SMILES string of the molecule is CCCOc1ccc(CC(=O)OC(C)(C)C)cc1. The molecule has 1 aromatic carbocycles. The summed E-state index contributed by atoms with van der Waals surface area (Å²) in [6.07, 6.45) is 1.28. The van der Waals surface area contributed by atoms with E-state index >= 15 is 0 Å². The van der Waals surface area contributed by atoms with Crippen LogP contribution in [0.3, 0.4) is 0 Å². The van der Waals surface area contributed by atoms with Gasteiger partial charge in [-0.15, -0.1) is 0 Å². The maximum Gasteiger partial charge on any atom is 0.310 e. The van der Waals surface area contributed by atoms with Crippen LogP contribution in [-0.4, -0.2) is 18.2 Å². The Bertz CT molecular complexity index is 374. The molecule has 0 heterocycles. The number of hydrogen-bond acceptors (Lipinski definition) is 3.